The molecule has 0 saturated heterocycles. The Morgan fingerprint density at radius 2 is 2.08 bits per heavy atom. The molecule has 1 heterocycles. The van der Waals surface area contributed by atoms with E-state index in [0.29, 0.717) is 24.5 Å². The average molecular weight is 377 g/mol. The van der Waals surface area contributed by atoms with Gasteiger partial charge >= 0.3 is 5.97 Å². The summed E-state index contributed by atoms with van der Waals surface area (Å²) in [6.07, 6.45) is 3.33. The van der Waals surface area contributed by atoms with Crippen LogP contribution < -0.4 is 0 Å². The Kier molecular flexibility index (Phi) is 6.27. The molecule has 0 unspecified atom stereocenters. The Hall–Kier alpha value is -2.52. The summed E-state index contributed by atoms with van der Waals surface area (Å²) < 4.78 is 12.0. The Balaban J connectivity index is 2.17. The van der Waals surface area contributed by atoms with Gasteiger partial charge in [0.15, 0.2) is 0 Å². The van der Waals surface area contributed by atoms with E-state index in [-0.39, 0.29) is 11.3 Å². The molecule has 0 radical (unpaired) electrons. The minimum atomic E-state index is -1.14. The molecule has 0 atom stereocenters. The van der Waals surface area contributed by atoms with E-state index < -0.39 is 19.0 Å². The summed E-state index contributed by atoms with van der Waals surface area (Å²) in [6.45, 7) is 7.84. The summed E-state index contributed by atoms with van der Waals surface area (Å²) in [5.74, 6) is -0.636. The lowest BCUT2D eigenvalue weighted by molar-refractivity contribution is -0.384. The average Bonchev–Trinajstić information content (AvgIpc) is 3.05. The van der Waals surface area contributed by atoms with Crippen LogP contribution in [0.5, 0.6) is 0 Å². The molecule has 8 nitrogen and oxygen atoms in total. The van der Waals surface area contributed by atoms with Gasteiger partial charge in [0.1, 0.15) is 6.73 Å². The van der Waals surface area contributed by atoms with Crippen LogP contribution in [0.25, 0.3) is 11.1 Å². The number of rotatable bonds is 8. The highest BCUT2D eigenvalue weighted by molar-refractivity contribution is 6.76. The third-order valence-corrected chi connectivity index (χ3v) is 5.49. The summed E-state index contributed by atoms with van der Waals surface area (Å²) in [5, 5.41) is 15.2. The van der Waals surface area contributed by atoms with E-state index in [1.165, 1.54) is 25.3 Å². The Morgan fingerprint density at radius 3 is 2.69 bits per heavy atom. The normalized spacial score (nSPS) is 11.4. The molecule has 0 spiro atoms. The van der Waals surface area contributed by atoms with Gasteiger partial charge in [0.2, 0.25) is 0 Å². The van der Waals surface area contributed by atoms with Crippen molar-refractivity contribution in [3.8, 4) is 11.1 Å². The molecular weight excluding hydrogens is 354 g/mol. The van der Waals surface area contributed by atoms with Crippen LogP contribution in [0.3, 0.4) is 0 Å². The second kappa shape index (κ2) is 8.24. The number of esters is 1. The summed E-state index contributed by atoms with van der Waals surface area (Å²) >= 11 is 0. The molecule has 9 heteroatoms. The molecule has 0 bridgehead atoms. The number of methoxy groups -OCH3 is 1. The largest absolute Gasteiger partial charge is 0.465 e. The maximum Gasteiger partial charge on any atom is 0.338 e. The Labute approximate surface area is 152 Å². The third kappa shape index (κ3) is 5.23. The number of hydrogen-bond acceptors (Lipinski definition) is 6. The van der Waals surface area contributed by atoms with E-state index in [1.54, 1.807) is 17.1 Å². The molecule has 1 aromatic heterocycles. The maximum absolute atomic E-state index is 12.0. The van der Waals surface area contributed by atoms with E-state index in [0.717, 1.165) is 6.04 Å². The first-order chi connectivity index (χ1) is 12.2. The lowest BCUT2D eigenvalue weighted by atomic mass is 10.0. The summed E-state index contributed by atoms with van der Waals surface area (Å²) in [6, 6.07) is 5.15. The summed E-state index contributed by atoms with van der Waals surface area (Å²) in [4.78, 5) is 22.4. The fraction of sp³-hybridized carbons (Fsp3) is 0.412. The standard InChI is InChI=1S/C17H23N3O5Si/c1-24-17(21)16-9-14(20(22)23)5-6-15(16)13-10-18-19(11-13)12-25-7-8-26(2,3)4/h5-6,9-11H,7-8,12H2,1-4H3. The van der Waals surface area contributed by atoms with Gasteiger partial charge < -0.3 is 9.47 Å². The molecule has 26 heavy (non-hydrogen) atoms. The summed E-state index contributed by atoms with van der Waals surface area (Å²) in [5.41, 5.74) is 1.14. The number of nitro groups is 1. The predicted molar refractivity (Wildman–Crippen MR) is 99.8 cm³/mol. The van der Waals surface area contributed by atoms with Gasteiger partial charge in [0, 0.05) is 38.6 Å². The molecule has 0 saturated carbocycles. The molecular formula is C17H23N3O5Si. The van der Waals surface area contributed by atoms with Crippen LogP contribution in [-0.2, 0) is 16.2 Å². The highest BCUT2D eigenvalue weighted by Crippen LogP contribution is 2.27. The Morgan fingerprint density at radius 1 is 1.35 bits per heavy atom. The molecule has 1 aromatic carbocycles. The van der Waals surface area contributed by atoms with Crippen LogP contribution in [0.2, 0.25) is 25.7 Å². The zero-order chi connectivity index (χ0) is 19.3. The fourth-order valence-corrected chi connectivity index (χ4v) is 3.04. The number of carbonyl (C=O) groups excluding carboxylic acids is 1. The lowest BCUT2D eigenvalue weighted by Gasteiger charge is -2.15. The van der Waals surface area contributed by atoms with Crippen LogP contribution in [0, 0.1) is 10.1 Å². The van der Waals surface area contributed by atoms with Gasteiger partial charge in [-0.1, -0.05) is 19.6 Å². The lowest BCUT2D eigenvalue weighted by Crippen LogP contribution is -2.22. The third-order valence-electron chi connectivity index (χ3n) is 3.78. The molecule has 0 N–H and O–H groups in total. The Bertz CT molecular complexity index is 798. The number of carbonyl (C=O) groups is 1. The topological polar surface area (TPSA) is 96.5 Å². The molecule has 0 aliphatic rings. The van der Waals surface area contributed by atoms with Crippen molar-refractivity contribution >= 4 is 19.7 Å². The van der Waals surface area contributed by atoms with Crippen LogP contribution >= 0.6 is 0 Å². The second-order valence-corrected chi connectivity index (χ2v) is 12.7. The molecule has 0 amide bonds. The molecule has 0 aliphatic carbocycles. The molecule has 0 aliphatic heterocycles. The van der Waals surface area contributed by atoms with Crippen LogP contribution in [0.15, 0.2) is 30.6 Å². The van der Waals surface area contributed by atoms with Crippen molar-refractivity contribution in [2.75, 3.05) is 13.7 Å². The van der Waals surface area contributed by atoms with E-state index in [4.69, 9.17) is 9.47 Å². The molecule has 140 valence electrons. The number of nitrogens with zero attached hydrogens (tertiary/aromatic N) is 3. The van der Waals surface area contributed by atoms with E-state index in [2.05, 4.69) is 24.7 Å². The van der Waals surface area contributed by atoms with Gasteiger partial charge in [0.05, 0.1) is 23.8 Å². The maximum atomic E-state index is 12.0. The van der Waals surface area contributed by atoms with Crippen LogP contribution in [0.4, 0.5) is 5.69 Å². The van der Waals surface area contributed by atoms with Gasteiger partial charge in [-0.2, -0.15) is 5.10 Å². The minimum absolute atomic E-state index is 0.126. The highest BCUT2D eigenvalue weighted by Gasteiger charge is 2.19. The quantitative estimate of drug-likeness (QED) is 0.229. The molecule has 2 rings (SSSR count). The predicted octanol–water partition coefficient (Wildman–Crippen LogP) is 3.56. The first-order valence-corrected chi connectivity index (χ1v) is 11.9. The van der Waals surface area contributed by atoms with E-state index in [9.17, 15) is 14.9 Å². The van der Waals surface area contributed by atoms with Crippen molar-refractivity contribution < 1.29 is 19.2 Å². The van der Waals surface area contributed by atoms with Crippen LogP contribution in [0.1, 0.15) is 10.4 Å². The number of nitro benzene ring substituents is 1. The second-order valence-electron chi connectivity index (χ2n) is 7.10. The first-order valence-electron chi connectivity index (χ1n) is 8.18. The van der Waals surface area contributed by atoms with Crippen molar-refractivity contribution in [2.24, 2.45) is 0 Å². The number of non-ortho nitro benzene ring substituents is 1. The van der Waals surface area contributed by atoms with Crippen molar-refractivity contribution in [1.29, 1.82) is 0 Å². The molecule has 0 fully saturated rings. The van der Waals surface area contributed by atoms with Crippen molar-refractivity contribution in [3.63, 3.8) is 0 Å². The smallest absolute Gasteiger partial charge is 0.338 e. The number of aromatic nitrogens is 2. The SMILES string of the molecule is COC(=O)c1cc([N+](=O)[O-])ccc1-c1cnn(COCC[Si](C)(C)C)c1. The van der Waals surface area contributed by atoms with Crippen molar-refractivity contribution in [1.82, 2.24) is 9.78 Å². The summed E-state index contributed by atoms with van der Waals surface area (Å²) in [7, 11) is 0.0939. The van der Waals surface area contributed by atoms with Gasteiger partial charge in [-0.3, -0.25) is 10.1 Å². The van der Waals surface area contributed by atoms with Crippen LogP contribution in [-0.4, -0.2) is 42.5 Å². The highest BCUT2D eigenvalue weighted by atomic mass is 28.3. The van der Waals surface area contributed by atoms with Gasteiger partial charge in [-0.05, 0) is 17.7 Å². The van der Waals surface area contributed by atoms with E-state index >= 15 is 0 Å². The zero-order valence-corrected chi connectivity index (χ0v) is 16.4. The number of ether oxygens (including phenoxy) is 2. The first kappa shape index (κ1) is 19.8. The van der Waals surface area contributed by atoms with Gasteiger partial charge in [-0.15, -0.1) is 0 Å². The minimum Gasteiger partial charge on any atom is -0.465 e. The van der Waals surface area contributed by atoms with Crippen molar-refractivity contribution in [2.45, 2.75) is 32.4 Å². The zero-order valence-electron chi connectivity index (χ0n) is 15.4. The van der Waals surface area contributed by atoms with Gasteiger partial charge in [-0.25, -0.2) is 9.48 Å². The van der Waals surface area contributed by atoms with Crippen molar-refractivity contribution in [3.05, 3.63) is 46.3 Å². The fourth-order valence-electron chi connectivity index (χ4n) is 2.29. The van der Waals surface area contributed by atoms with Gasteiger partial charge in [0.25, 0.3) is 5.69 Å². The molecule has 2 aromatic rings. The number of benzene rings is 1. The monoisotopic (exact) mass is 377 g/mol. The number of hydrogen-bond donors (Lipinski definition) is 0. The van der Waals surface area contributed by atoms with E-state index in [1.807, 2.05) is 0 Å².